The van der Waals surface area contributed by atoms with Crippen LogP contribution in [0, 0.1) is 0 Å². The van der Waals surface area contributed by atoms with Gasteiger partial charge in [-0.05, 0) is 58.2 Å². The number of anilines is 1. The molecule has 0 unspecified atom stereocenters. The van der Waals surface area contributed by atoms with Crippen LogP contribution in [0.25, 0.3) is 0 Å². The Kier molecular flexibility index (Phi) is 4.63. The highest BCUT2D eigenvalue weighted by molar-refractivity contribution is 9.10. The summed E-state index contributed by atoms with van der Waals surface area (Å²) in [6, 6.07) is 12.0. The van der Waals surface area contributed by atoms with Crippen molar-refractivity contribution in [2.24, 2.45) is 0 Å². The Balaban J connectivity index is 1.88. The smallest absolute Gasteiger partial charge is 0.251 e. The molecule has 0 aliphatic heterocycles. The number of carbonyl (C=O) groups excluding carboxylic acids is 1. The van der Waals surface area contributed by atoms with Crippen molar-refractivity contribution >= 4 is 27.5 Å². The summed E-state index contributed by atoms with van der Waals surface area (Å²) >= 11 is 3.30. The number of aromatic hydroxyl groups is 1. The van der Waals surface area contributed by atoms with Crippen LogP contribution < -0.4 is 11.1 Å². The number of benzene rings is 2. The third kappa shape index (κ3) is 3.74. The summed E-state index contributed by atoms with van der Waals surface area (Å²) in [6.07, 6.45) is 0.710. The molecule has 2 aromatic rings. The number of rotatable bonds is 4. The number of nitrogen functional groups attached to an aromatic ring is 1. The average Bonchev–Trinajstić information content (AvgIpc) is 2.44. The van der Waals surface area contributed by atoms with Gasteiger partial charge in [-0.15, -0.1) is 0 Å². The Morgan fingerprint density at radius 3 is 2.55 bits per heavy atom. The fraction of sp³-hybridized carbons (Fsp3) is 0.133. The number of hydrogen-bond acceptors (Lipinski definition) is 3. The molecular formula is C15H15BrN2O2. The Morgan fingerprint density at radius 1 is 1.20 bits per heavy atom. The van der Waals surface area contributed by atoms with Crippen LogP contribution in [0.1, 0.15) is 15.9 Å². The van der Waals surface area contributed by atoms with Gasteiger partial charge in [-0.2, -0.15) is 0 Å². The molecule has 104 valence electrons. The van der Waals surface area contributed by atoms with Crippen molar-refractivity contribution in [2.45, 2.75) is 6.42 Å². The Labute approximate surface area is 125 Å². The molecule has 4 nitrogen and oxygen atoms in total. The molecule has 0 radical (unpaired) electrons. The molecule has 2 aromatic carbocycles. The number of phenols is 1. The normalized spacial score (nSPS) is 10.2. The SMILES string of the molecule is Nc1ccc(C(=O)NCCc2ccc(O)cc2)cc1Br. The van der Waals surface area contributed by atoms with Crippen molar-refractivity contribution in [3.05, 3.63) is 58.1 Å². The van der Waals surface area contributed by atoms with Gasteiger partial charge in [0.05, 0.1) is 0 Å². The maximum absolute atomic E-state index is 11.9. The van der Waals surface area contributed by atoms with Crippen molar-refractivity contribution in [2.75, 3.05) is 12.3 Å². The van der Waals surface area contributed by atoms with Crippen LogP contribution in [-0.2, 0) is 6.42 Å². The lowest BCUT2D eigenvalue weighted by atomic mass is 10.1. The zero-order chi connectivity index (χ0) is 14.5. The number of nitrogens with one attached hydrogen (secondary N) is 1. The van der Waals surface area contributed by atoms with E-state index >= 15 is 0 Å². The fourth-order valence-corrected chi connectivity index (χ4v) is 2.13. The van der Waals surface area contributed by atoms with Gasteiger partial charge in [-0.25, -0.2) is 0 Å². The predicted octanol–water partition coefficient (Wildman–Crippen LogP) is 2.71. The van der Waals surface area contributed by atoms with Gasteiger partial charge < -0.3 is 16.2 Å². The number of phenolic OH excluding ortho intramolecular Hbond substituents is 1. The van der Waals surface area contributed by atoms with Crippen LogP contribution >= 0.6 is 15.9 Å². The molecule has 2 rings (SSSR count). The van der Waals surface area contributed by atoms with E-state index in [9.17, 15) is 9.90 Å². The summed E-state index contributed by atoms with van der Waals surface area (Å²) in [5.41, 5.74) is 7.90. The third-order valence-electron chi connectivity index (χ3n) is 2.90. The largest absolute Gasteiger partial charge is 0.508 e. The van der Waals surface area contributed by atoms with E-state index in [1.807, 2.05) is 12.1 Å². The summed E-state index contributed by atoms with van der Waals surface area (Å²) in [7, 11) is 0. The molecule has 0 saturated heterocycles. The highest BCUT2D eigenvalue weighted by Gasteiger charge is 2.06. The highest BCUT2D eigenvalue weighted by atomic mass is 79.9. The summed E-state index contributed by atoms with van der Waals surface area (Å²) < 4.78 is 0.712. The van der Waals surface area contributed by atoms with Crippen LogP contribution in [0.5, 0.6) is 5.75 Å². The molecule has 0 bridgehead atoms. The van der Waals surface area contributed by atoms with Gasteiger partial charge in [-0.3, -0.25) is 4.79 Å². The molecule has 0 spiro atoms. The first-order chi connectivity index (χ1) is 9.56. The van der Waals surface area contributed by atoms with Crippen LogP contribution in [-0.4, -0.2) is 17.6 Å². The monoisotopic (exact) mass is 334 g/mol. The predicted molar refractivity (Wildman–Crippen MR) is 82.7 cm³/mol. The van der Waals surface area contributed by atoms with E-state index in [0.29, 0.717) is 28.7 Å². The van der Waals surface area contributed by atoms with Crippen molar-refractivity contribution in [3.8, 4) is 5.75 Å². The summed E-state index contributed by atoms with van der Waals surface area (Å²) in [6.45, 7) is 0.533. The van der Waals surface area contributed by atoms with E-state index in [-0.39, 0.29) is 11.7 Å². The minimum Gasteiger partial charge on any atom is -0.508 e. The number of hydrogen-bond donors (Lipinski definition) is 3. The van der Waals surface area contributed by atoms with Crippen molar-refractivity contribution in [1.82, 2.24) is 5.32 Å². The van der Waals surface area contributed by atoms with Crippen LogP contribution in [0.4, 0.5) is 5.69 Å². The molecule has 0 heterocycles. The first-order valence-corrected chi connectivity index (χ1v) is 6.96. The van der Waals surface area contributed by atoms with Gasteiger partial charge in [0, 0.05) is 22.3 Å². The van der Waals surface area contributed by atoms with Gasteiger partial charge in [0.1, 0.15) is 5.75 Å². The van der Waals surface area contributed by atoms with Gasteiger partial charge in [0.25, 0.3) is 5.91 Å². The van der Waals surface area contributed by atoms with Crippen LogP contribution in [0.3, 0.4) is 0 Å². The van der Waals surface area contributed by atoms with Gasteiger partial charge in [-0.1, -0.05) is 12.1 Å². The number of halogens is 1. The lowest BCUT2D eigenvalue weighted by molar-refractivity contribution is 0.0954. The third-order valence-corrected chi connectivity index (χ3v) is 3.58. The first kappa shape index (κ1) is 14.4. The van der Waals surface area contributed by atoms with Crippen LogP contribution in [0.2, 0.25) is 0 Å². The minimum atomic E-state index is -0.135. The number of carbonyl (C=O) groups is 1. The number of amides is 1. The van der Waals surface area contributed by atoms with Crippen molar-refractivity contribution in [3.63, 3.8) is 0 Å². The first-order valence-electron chi connectivity index (χ1n) is 6.17. The molecule has 4 N–H and O–H groups in total. The molecule has 5 heteroatoms. The van der Waals surface area contributed by atoms with E-state index in [1.54, 1.807) is 30.3 Å². The van der Waals surface area contributed by atoms with E-state index in [4.69, 9.17) is 5.73 Å². The molecule has 0 atom stereocenters. The molecule has 0 fully saturated rings. The molecule has 20 heavy (non-hydrogen) atoms. The minimum absolute atomic E-state index is 0.135. The van der Waals surface area contributed by atoms with Gasteiger partial charge in [0.15, 0.2) is 0 Å². The second kappa shape index (κ2) is 6.43. The molecule has 0 aliphatic carbocycles. The highest BCUT2D eigenvalue weighted by Crippen LogP contribution is 2.20. The molecular weight excluding hydrogens is 320 g/mol. The Morgan fingerprint density at radius 2 is 1.90 bits per heavy atom. The Bertz CT molecular complexity index is 612. The quantitative estimate of drug-likeness (QED) is 0.752. The van der Waals surface area contributed by atoms with Gasteiger partial charge >= 0.3 is 0 Å². The summed E-state index contributed by atoms with van der Waals surface area (Å²) in [5.74, 6) is 0.106. The zero-order valence-electron chi connectivity index (χ0n) is 10.8. The standard InChI is InChI=1S/C15H15BrN2O2/c16-13-9-11(3-6-14(13)17)15(20)18-8-7-10-1-4-12(19)5-2-10/h1-6,9,19H,7-8,17H2,(H,18,20). The van der Waals surface area contributed by atoms with Crippen molar-refractivity contribution < 1.29 is 9.90 Å². The van der Waals surface area contributed by atoms with Crippen molar-refractivity contribution in [1.29, 1.82) is 0 Å². The molecule has 1 amide bonds. The maximum Gasteiger partial charge on any atom is 0.251 e. The van der Waals surface area contributed by atoms with E-state index in [1.165, 1.54) is 0 Å². The maximum atomic E-state index is 11.9. The molecule has 0 aromatic heterocycles. The van der Waals surface area contributed by atoms with E-state index in [2.05, 4.69) is 21.2 Å². The van der Waals surface area contributed by atoms with Gasteiger partial charge in [0.2, 0.25) is 0 Å². The lowest BCUT2D eigenvalue weighted by Gasteiger charge is -2.07. The number of nitrogens with two attached hydrogens (primary N) is 1. The lowest BCUT2D eigenvalue weighted by Crippen LogP contribution is -2.25. The van der Waals surface area contributed by atoms with E-state index < -0.39 is 0 Å². The Hall–Kier alpha value is -2.01. The fourth-order valence-electron chi connectivity index (χ4n) is 1.75. The average molecular weight is 335 g/mol. The molecule has 0 saturated carbocycles. The summed E-state index contributed by atoms with van der Waals surface area (Å²) in [5, 5.41) is 12.0. The molecule has 0 aliphatic rings. The zero-order valence-corrected chi connectivity index (χ0v) is 12.4. The summed E-state index contributed by atoms with van der Waals surface area (Å²) in [4.78, 5) is 11.9. The second-order valence-corrected chi connectivity index (χ2v) is 5.26. The second-order valence-electron chi connectivity index (χ2n) is 4.41. The van der Waals surface area contributed by atoms with Crippen LogP contribution in [0.15, 0.2) is 46.9 Å². The van der Waals surface area contributed by atoms with E-state index in [0.717, 1.165) is 5.56 Å². The topological polar surface area (TPSA) is 75.4 Å².